The average Bonchev–Trinajstić information content (AvgIpc) is 2.78. The molecule has 0 atom stereocenters. The van der Waals surface area contributed by atoms with Crippen LogP contribution in [0.1, 0.15) is 26.3 Å². The van der Waals surface area contributed by atoms with Crippen molar-refractivity contribution in [3.8, 4) is 0 Å². The molecule has 3 nitrogen and oxygen atoms in total. The van der Waals surface area contributed by atoms with Crippen LogP contribution in [0.15, 0.2) is 30.5 Å². The molecule has 0 fully saturated rings. The highest BCUT2D eigenvalue weighted by Crippen LogP contribution is 2.18. The Hall–Kier alpha value is -1.32. The van der Waals surface area contributed by atoms with E-state index in [1.54, 1.807) is 0 Å². The SMILES string of the molecule is CCOCn1ccc2cc(CNCC(C)C)ccc21. The minimum atomic E-state index is 0.630. The zero-order valence-corrected chi connectivity index (χ0v) is 12.1. The van der Waals surface area contributed by atoms with Crippen LogP contribution in [0.3, 0.4) is 0 Å². The monoisotopic (exact) mass is 260 g/mol. The number of fused-ring (bicyclic) bond motifs is 1. The van der Waals surface area contributed by atoms with Gasteiger partial charge in [-0.3, -0.25) is 0 Å². The standard InChI is InChI=1S/C16H24N2O/c1-4-19-12-18-8-7-15-9-14(5-6-16(15)18)11-17-10-13(2)3/h5-9,13,17H,4,10-12H2,1-3H3. The third-order valence-corrected chi connectivity index (χ3v) is 3.15. The molecule has 0 aliphatic rings. The molecule has 2 rings (SSSR count). The van der Waals surface area contributed by atoms with Gasteiger partial charge >= 0.3 is 0 Å². The van der Waals surface area contributed by atoms with Crippen molar-refractivity contribution >= 4 is 10.9 Å². The Morgan fingerprint density at radius 2 is 2.11 bits per heavy atom. The zero-order chi connectivity index (χ0) is 13.7. The van der Waals surface area contributed by atoms with Gasteiger partial charge in [-0.15, -0.1) is 0 Å². The number of benzene rings is 1. The van der Waals surface area contributed by atoms with E-state index in [4.69, 9.17) is 4.74 Å². The van der Waals surface area contributed by atoms with Crippen molar-refractivity contribution in [2.75, 3.05) is 13.2 Å². The molecule has 1 heterocycles. The van der Waals surface area contributed by atoms with Crippen molar-refractivity contribution in [2.45, 2.75) is 34.0 Å². The van der Waals surface area contributed by atoms with E-state index in [-0.39, 0.29) is 0 Å². The first-order chi connectivity index (χ1) is 9.20. The van der Waals surface area contributed by atoms with Crippen LogP contribution >= 0.6 is 0 Å². The fourth-order valence-corrected chi connectivity index (χ4v) is 2.17. The molecular formula is C16H24N2O. The summed E-state index contributed by atoms with van der Waals surface area (Å²) in [6, 6.07) is 8.78. The highest BCUT2D eigenvalue weighted by atomic mass is 16.5. The van der Waals surface area contributed by atoms with Gasteiger partial charge in [-0.2, -0.15) is 0 Å². The Balaban J connectivity index is 2.05. The molecule has 0 bridgehead atoms. The van der Waals surface area contributed by atoms with Crippen molar-refractivity contribution in [1.29, 1.82) is 0 Å². The van der Waals surface area contributed by atoms with Crippen LogP contribution in [0.4, 0.5) is 0 Å². The maximum Gasteiger partial charge on any atom is 0.122 e. The van der Waals surface area contributed by atoms with Crippen molar-refractivity contribution in [3.05, 3.63) is 36.0 Å². The Labute approximate surface area is 115 Å². The number of ether oxygens (including phenoxy) is 1. The van der Waals surface area contributed by atoms with Crippen molar-refractivity contribution in [3.63, 3.8) is 0 Å². The summed E-state index contributed by atoms with van der Waals surface area (Å²) in [5, 5.41) is 4.76. The second-order valence-corrected chi connectivity index (χ2v) is 5.33. The number of rotatable bonds is 7. The summed E-state index contributed by atoms with van der Waals surface area (Å²) < 4.78 is 7.60. The predicted molar refractivity (Wildman–Crippen MR) is 80.1 cm³/mol. The lowest BCUT2D eigenvalue weighted by molar-refractivity contribution is 0.0909. The van der Waals surface area contributed by atoms with Gasteiger partial charge in [0, 0.05) is 24.9 Å². The highest BCUT2D eigenvalue weighted by Gasteiger charge is 2.02. The zero-order valence-electron chi connectivity index (χ0n) is 12.1. The minimum Gasteiger partial charge on any atom is -0.361 e. The van der Waals surface area contributed by atoms with E-state index in [0.717, 1.165) is 19.7 Å². The van der Waals surface area contributed by atoms with Crippen LogP contribution < -0.4 is 5.32 Å². The predicted octanol–water partition coefficient (Wildman–Crippen LogP) is 3.38. The van der Waals surface area contributed by atoms with E-state index in [9.17, 15) is 0 Å². The van der Waals surface area contributed by atoms with Crippen molar-refractivity contribution < 1.29 is 4.74 Å². The molecule has 0 saturated heterocycles. The van der Waals surface area contributed by atoms with Gasteiger partial charge in [0.25, 0.3) is 0 Å². The van der Waals surface area contributed by atoms with Gasteiger partial charge in [-0.1, -0.05) is 19.9 Å². The van der Waals surface area contributed by atoms with E-state index >= 15 is 0 Å². The first kappa shape index (κ1) is 14.1. The normalized spacial score (nSPS) is 11.6. The van der Waals surface area contributed by atoms with Crippen LogP contribution in [0, 0.1) is 5.92 Å². The van der Waals surface area contributed by atoms with Crippen LogP contribution in [0.5, 0.6) is 0 Å². The van der Waals surface area contributed by atoms with Crippen LogP contribution in [0.2, 0.25) is 0 Å². The molecule has 0 unspecified atom stereocenters. The van der Waals surface area contributed by atoms with Gasteiger partial charge in [0.15, 0.2) is 0 Å². The maximum absolute atomic E-state index is 5.46. The fourth-order valence-electron chi connectivity index (χ4n) is 2.17. The van der Waals surface area contributed by atoms with Crippen molar-refractivity contribution in [2.24, 2.45) is 5.92 Å². The molecule has 1 aromatic carbocycles. The van der Waals surface area contributed by atoms with Gasteiger partial charge in [0.2, 0.25) is 0 Å². The molecule has 1 aromatic heterocycles. The molecule has 0 amide bonds. The first-order valence-electron chi connectivity index (χ1n) is 7.07. The van der Waals surface area contributed by atoms with Crippen LogP contribution in [-0.2, 0) is 18.0 Å². The van der Waals surface area contributed by atoms with Gasteiger partial charge in [-0.05, 0) is 48.5 Å². The summed E-state index contributed by atoms with van der Waals surface area (Å²) in [4.78, 5) is 0. The Morgan fingerprint density at radius 1 is 1.26 bits per heavy atom. The number of nitrogens with one attached hydrogen (secondary N) is 1. The lowest BCUT2D eigenvalue weighted by Gasteiger charge is -2.08. The molecule has 0 radical (unpaired) electrons. The van der Waals surface area contributed by atoms with Gasteiger partial charge in [0.05, 0.1) is 0 Å². The molecule has 0 spiro atoms. The Bertz CT molecular complexity index is 516. The molecule has 3 heteroatoms. The van der Waals surface area contributed by atoms with Crippen molar-refractivity contribution in [1.82, 2.24) is 9.88 Å². The number of hydrogen-bond acceptors (Lipinski definition) is 2. The van der Waals surface area contributed by atoms with E-state index in [2.05, 4.69) is 54.2 Å². The molecule has 2 aromatic rings. The summed E-state index contributed by atoms with van der Waals surface area (Å²) >= 11 is 0. The molecule has 0 aliphatic heterocycles. The van der Waals surface area contributed by atoms with Gasteiger partial charge < -0.3 is 14.6 Å². The lowest BCUT2D eigenvalue weighted by Crippen LogP contribution is -2.18. The number of hydrogen-bond donors (Lipinski definition) is 1. The van der Waals surface area contributed by atoms with Gasteiger partial charge in [-0.25, -0.2) is 0 Å². The Kier molecular flexibility index (Phi) is 5.00. The molecule has 1 N–H and O–H groups in total. The van der Waals surface area contributed by atoms with E-state index in [0.29, 0.717) is 12.6 Å². The third kappa shape index (κ3) is 3.82. The van der Waals surface area contributed by atoms with Gasteiger partial charge in [0.1, 0.15) is 6.73 Å². The molecule has 0 saturated carbocycles. The van der Waals surface area contributed by atoms with E-state index in [1.807, 2.05) is 6.92 Å². The van der Waals surface area contributed by atoms with E-state index in [1.165, 1.54) is 16.5 Å². The first-order valence-corrected chi connectivity index (χ1v) is 7.07. The topological polar surface area (TPSA) is 26.2 Å². The number of nitrogens with zero attached hydrogens (tertiary/aromatic N) is 1. The second kappa shape index (κ2) is 6.73. The lowest BCUT2D eigenvalue weighted by atomic mass is 10.1. The largest absolute Gasteiger partial charge is 0.361 e. The minimum absolute atomic E-state index is 0.630. The van der Waals surface area contributed by atoms with Crippen LogP contribution in [0.25, 0.3) is 10.9 Å². The third-order valence-electron chi connectivity index (χ3n) is 3.15. The summed E-state index contributed by atoms with van der Waals surface area (Å²) in [7, 11) is 0. The molecular weight excluding hydrogens is 236 g/mol. The quantitative estimate of drug-likeness (QED) is 0.826. The summed E-state index contributed by atoms with van der Waals surface area (Å²) in [6.07, 6.45) is 2.09. The summed E-state index contributed by atoms with van der Waals surface area (Å²) in [5.41, 5.74) is 2.57. The molecule has 19 heavy (non-hydrogen) atoms. The highest BCUT2D eigenvalue weighted by molar-refractivity contribution is 5.80. The van der Waals surface area contributed by atoms with Crippen LogP contribution in [-0.4, -0.2) is 17.7 Å². The summed E-state index contributed by atoms with van der Waals surface area (Å²) in [6.45, 7) is 9.84. The fraction of sp³-hybridized carbons (Fsp3) is 0.500. The maximum atomic E-state index is 5.46. The smallest absolute Gasteiger partial charge is 0.122 e. The average molecular weight is 260 g/mol. The second-order valence-electron chi connectivity index (χ2n) is 5.33. The number of aromatic nitrogens is 1. The molecule has 0 aliphatic carbocycles. The molecule has 104 valence electrons. The Morgan fingerprint density at radius 3 is 2.84 bits per heavy atom. The summed E-state index contributed by atoms with van der Waals surface area (Å²) in [5.74, 6) is 0.691. The van der Waals surface area contributed by atoms with E-state index < -0.39 is 0 Å².